The molecular weight excluding hydrogens is 292 g/mol. The molecule has 0 atom stereocenters. The Kier molecular flexibility index (Phi) is 3.37. The van der Waals surface area contributed by atoms with Crippen LogP contribution < -0.4 is 5.32 Å². The quantitative estimate of drug-likeness (QED) is 0.786. The van der Waals surface area contributed by atoms with Gasteiger partial charge >= 0.3 is 0 Å². The van der Waals surface area contributed by atoms with Gasteiger partial charge in [-0.05, 0) is 18.9 Å². The Morgan fingerprint density at radius 2 is 2.17 bits per heavy atom. The number of fused-ring (bicyclic) bond motifs is 1. The third-order valence-electron chi connectivity index (χ3n) is 4.04. The number of benzene rings is 1. The Morgan fingerprint density at radius 1 is 1.35 bits per heavy atom. The summed E-state index contributed by atoms with van der Waals surface area (Å²) in [7, 11) is 0. The molecule has 0 unspecified atom stereocenters. The molecule has 0 saturated heterocycles. The number of carbonyl (C=O) groups is 1. The molecule has 0 bridgehead atoms. The number of carbonyl (C=O) groups excluding carboxylic acids is 1. The van der Waals surface area contributed by atoms with Crippen molar-refractivity contribution in [3.05, 3.63) is 36.4 Å². The fourth-order valence-corrected chi connectivity index (χ4v) is 2.71. The first-order chi connectivity index (χ1) is 11.2. The third-order valence-corrected chi connectivity index (χ3v) is 4.04. The highest BCUT2D eigenvalue weighted by molar-refractivity contribution is 5.94. The summed E-state index contributed by atoms with van der Waals surface area (Å²) in [6.07, 6.45) is 4.80. The van der Waals surface area contributed by atoms with Gasteiger partial charge in [0.1, 0.15) is 6.54 Å². The molecule has 2 heterocycles. The van der Waals surface area contributed by atoms with Crippen molar-refractivity contribution < 1.29 is 9.21 Å². The molecule has 6 heteroatoms. The molecule has 2 aromatic heterocycles. The molecule has 1 aromatic carbocycles. The number of nitrogens with one attached hydrogen (secondary N) is 1. The number of amides is 1. The first kappa shape index (κ1) is 14.0. The number of rotatable bonds is 5. The lowest BCUT2D eigenvalue weighted by molar-refractivity contribution is -0.121. The summed E-state index contributed by atoms with van der Waals surface area (Å²) >= 11 is 0. The summed E-state index contributed by atoms with van der Waals surface area (Å²) in [5.41, 5.74) is 1.86. The van der Waals surface area contributed by atoms with Crippen molar-refractivity contribution in [1.29, 1.82) is 0 Å². The van der Waals surface area contributed by atoms with E-state index in [9.17, 15) is 4.79 Å². The van der Waals surface area contributed by atoms with Gasteiger partial charge in [-0.25, -0.2) is 0 Å². The van der Waals surface area contributed by atoms with E-state index in [0.29, 0.717) is 30.8 Å². The molecule has 0 radical (unpaired) electrons. The lowest BCUT2D eigenvalue weighted by Crippen LogP contribution is -2.29. The van der Waals surface area contributed by atoms with Gasteiger partial charge in [-0.3, -0.25) is 4.79 Å². The molecule has 6 nitrogen and oxygen atoms in total. The Hall–Kier alpha value is -2.63. The fraction of sp³-hybridized carbons (Fsp3) is 0.353. The van der Waals surface area contributed by atoms with Gasteiger partial charge in [-0.1, -0.05) is 25.1 Å². The van der Waals surface area contributed by atoms with E-state index in [1.807, 2.05) is 42.0 Å². The zero-order chi connectivity index (χ0) is 15.8. The SMILES string of the molecule is CCc1nnc(-c2cn(CC(=O)NC3CC3)c3ccccc23)o1. The smallest absolute Gasteiger partial charge is 0.249 e. The van der Waals surface area contributed by atoms with Gasteiger partial charge in [0.2, 0.25) is 17.7 Å². The Balaban J connectivity index is 1.71. The normalized spacial score (nSPS) is 14.3. The van der Waals surface area contributed by atoms with Crippen LogP contribution in [0.5, 0.6) is 0 Å². The minimum absolute atomic E-state index is 0.0413. The summed E-state index contributed by atoms with van der Waals surface area (Å²) < 4.78 is 7.63. The Morgan fingerprint density at radius 3 is 2.91 bits per heavy atom. The van der Waals surface area contributed by atoms with Crippen LogP contribution >= 0.6 is 0 Å². The van der Waals surface area contributed by atoms with Crippen molar-refractivity contribution in [2.24, 2.45) is 0 Å². The van der Waals surface area contributed by atoms with Crippen molar-refractivity contribution in [2.45, 2.75) is 38.8 Å². The number of para-hydroxylation sites is 1. The average molecular weight is 310 g/mol. The van der Waals surface area contributed by atoms with Crippen LogP contribution in [-0.4, -0.2) is 26.7 Å². The number of hydrogen-bond donors (Lipinski definition) is 1. The van der Waals surface area contributed by atoms with Gasteiger partial charge in [-0.2, -0.15) is 0 Å². The Labute approximate surface area is 133 Å². The molecule has 4 rings (SSSR count). The van der Waals surface area contributed by atoms with Crippen LogP contribution in [0.2, 0.25) is 0 Å². The standard InChI is InChI=1S/C17H18N4O2/c1-2-16-19-20-17(23-16)13-9-21(10-15(22)18-11-7-8-11)14-6-4-3-5-12(13)14/h3-6,9,11H,2,7-8,10H2,1H3,(H,18,22). The van der Waals surface area contributed by atoms with E-state index in [1.54, 1.807) is 0 Å². The predicted molar refractivity (Wildman–Crippen MR) is 85.8 cm³/mol. The molecule has 1 saturated carbocycles. The summed E-state index contributed by atoms with van der Waals surface area (Å²) in [4.78, 5) is 12.1. The molecule has 1 amide bonds. The lowest BCUT2D eigenvalue weighted by Gasteiger charge is -2.05. The van der Waals surface area contributed by atoms with Gasteiger partial charge in [0.05, 0.1) is 5.56 Å². The van der Waals surface area contributed by atoms with Crippen LogP contribution in [0.15, 0.2) is 34.9 Å². The van der Waals surface area contributed by atoms with Crippen LogP contribution in [0.25, 0.3) is 22.4 Å². The van der Waals surface area contributed by atoms with E-state index in [2.05, 4.69) is 15.5 Å². The average Bonchev–Trinajstić information content (AvgIpc) is 3.12. The van der Waals surface area contributed by atoms with E-state index in [-0.39, 0.29) is 5.91 Å². The maximum atomic E-state index is 12.1. The number of aromatic nitrogens is 3. The number of hydrogen-bond acceptors (Lipinski definition) is 4. The summed E-state index contributed by atoms with van der Waals surface area (Å²) in [6.45, 7) is 2.27. The molecule has 3 aromatic rings. The second-order valence-electron chi connectivity index (χ2n) is 5.88. The summed E-state index contributed by atoms with van der Waals surface area (Å²) in [6, 6.07) is 8.31. The minimum Gasteiger partial charge on any atom is -0.421 e. The maximum absolute atomic E-state index is 12.1. The zero-order valence-corrected chi connectivity index (χ0v) is 13.0. The predicted octanol–water partition coefficient (Wildman–Crippen LogP) is 2.53. The van der Waals surface area contributed by atoms with Crippen molar-refractivity contribution in [3.8, 4) is 11.5 Å². The minimum atomic E-state index is 0.0413. The van der Waals surface area contributed by atoms with E-state index in [1.165, 1.54) is 0 Å². The summed E-state index contributed by atoms with van der Waals surface area (Å²) in [5, 5.41) is 12.2. The first-order valence-corrected chi connectivity index (χ1v) is 7.94. The van der Waals surface area contributed by atoms with Crippen LogP contribution in [0.3, 0.4) is 0 Å². The zero-order valence-electron chi connectivity index (χ0n) is 13.0. The highest BCUT2D eigenvalue weighted by Crippen LogP contribution is 2.30. The van der Waals surface area contributed by atoms with Crippen molar-refractivity contribution in [1.82, 2.24) is 20.1 Å². The van der Waals surface area contributed by atoms with Gasteiger partial charge in [-0.15, -0.1) is 10.2 Å². The molecule has 1 aliphatic rings. The molecule has 1 aliphatic carbocycles. The van der Waals surface area contributed by atoms with Gasteiger partial charge in [0.15, 0.2) is 0 Å². The van der Waals surface area contributed by atoms with Gasteiger partial charge < -0.3 is 14.3 Å². The topological polar surface area (TPSA) is 73.0 Å². The fourth-order valence-electron chi connectivity index (χ4n) is 2.71. The maximum Gasteiger partial charge on any atom is 0.249 e. The van der Waals surface area contributed by atoms with E-state index >= 15 is 0 Å². The lowest BCUT2D eigenvalue weighted by atomic mass is 10.2. The van der Waals surface area contributed by atoms with Crippen molar-refractivity contribution in [2.75, 3.05) is 0 Å². The number of nitrogens with zero attached hydrogens (tertiary/aromatic N) is 3. The molecular formula is C17H18N4O2. The van der Waals surface area contributed by atoms with E-state index in [4.69, 9.17) is 4.42 Å². The van der Waals surface area contributed by atoms with Crippen molar-refractivity contribution in [3.63, 3.8) is 0 Å². The first-order valence-electron chi connectivity index (χ1n) is 7.94. The second kappa shape index (κ2) is 5.53. The molecule has 0 aliphatic heterocycles. The molecule has 118 valence electrons. The molecule has 0 spiro atoms. The number of aryl methyl sites for hydroxylation is 1. The highest BCUT2D eigenvalue weighted by Gasteiger charge is 2.24. The second-order valence-corrected chi connectivity index (χ2v) is 5.88. The van der Waals surface area contributed by atoms with Crippen LogP contribution in [-0.2, 0) is 17.8 Å². The summed E-state index contributed by atoms with van der Waals surface area (Å²) in [5.74, 6) is 1.15. The third kappa shape index (κ3) is 2.72. The van der Waals surface area contributed by atoms with Crippen molar-refractivity contribution >= 4 is 16.8 Å². The highest BCUT2D eigenvalue weighted by atomic mass is 16.4. The monoisotopic (exact) mass is 310 g/mol. The molecule has 23 heavy (non-hydrogen) atoms. The molecule has 1 fully saturated rings. The van der Waals surface area contributed by atoms with E-state index < -0.39 is 0 Å². The Bertz CT molecular complexity index is 860. The largest absolute Gasteiger partial charge is 0.421 e. The molecule has 1 N–H and O–H groups in total. The van der Waals surface area contributed by atoms with E-state index in [0.717, 1.165) is 29.3 Å². The van der Waals surface area contributed by atoms with Gasteiger partial charge in [0.25, 0.3) is 0 Å². The van der Waals surface area contributed by atoms with Gasteiger partial charge in [0, 0.05) is 29.6 Å². The van der Waals surface area contributed by atoms with Crippen LogP contribution in [0.4, 0.5) is 0 Å². The van der Waals surface area contributed by atoms with Crippen LogP contribution in [0, 0.1) is 0 Å². The van der Waals surface area contributed by atoms with Crippen LogP contribution in [0.1, 0.15) is 25.7 Å².